The Hall–Kier alpha value is -0.730. The van der Waals surface area contributed by atoms with E-state index in [4.69, 9.17) is 28.9 Å². The first-order valence-corrected chi connectivity index (χ1v) is 3.58. The molecule has 57 valence electrons. The van der Waals surface area contributed by atoms with E-state index in [0.29, 0.717) is 0 Å². The van der Waals surface area contributed by atoms with Crippen LogP contribution < -0.4 is 5.73 Å². The lowest BCUT2D eigenvalue weighted by Crippen LogP contribution is -2.00. The normalized spacial score (nSPS) is 9.64. The third kappa shape index (κ3) is 1.64. The van der Waals surface area contributed by atoms with Gasteiger partial charge in [0.15, 0.2) is 0 Å². The molecule has 0 aliphatic heterocycles. The zero-order valence-electron chi connectivity index (χ0n) is 5.40. The highest BCUT2D eigenvalue weighted by Gasteiger charge is 2.10. The number of hydrogen-bond acceptors (Lipinski definition) is 1. The molecule has 0 saturated carbocycles. The van der Waals surface area contributed by atoms with Gasteiger partial charge < -0.3 is 0 Å². The Kier molecular flexibility index (Phi) is 2.37. The van der Waals surface area contributed by atoms with Crippen molar-refractivity contribution in [2.24, 2.45) is 0 Å². The number of carbonyl (C=O) groups is 1. The number of carbonyl (C=O) groups excluding carboxylic acids is 1. The van der Waals surface area contributed by atoms with E-state index in [2.05, 4.69) is 0 Å². The molecule has 0 spiro atoms. The average Bonchev–Trinajstić information content (AvgIpc) is 1.85. The number of halogens is 2. The first-order chi connectivity index (χ1) is 5.13. The van der Waals surface area contributed by atoms with Crippen LogP contribution in [0.1, 0.15) is 10.4 Å². The second-order valence-corrected chi connectivity index (χ2v) is 2.74. The van der Waals surface area contributed by atoms with Gasteiger partial charge >= 0.3 is 0 Å². The van der Waals surface area contributed by atoms with Crippen LogP contribution in [0.5, 0.6) is 0 Å². The maximum Gasteiger partial charge on any atom is 0.272 e. The molecule has 1 aromatic rings. The predicted molar refractivity (Wildman–Crippen MR) is 43.9 cm³/mol. The maximum absolute atomic E-state index is 10.6. The van der Waals surface area contributed by atoms with Gasteiger partial charge in [-0.25, -0.2) is 0 Å². The zero-order chi connectivity index (χ0) is 8.43. The molecule has 1 rings (SSSR count). The molecule has 0 fully saturated rings. The van der Waals surface area contributed by atoms with Gasteiger partial charge in [0.1, 0.15) is 0 Å². The van der Waals surface area contributed by atoms with Gasteiger partial charge in [0.25, 0.3) is 5.91 Å². The fraction of sp³-hybridized carbons (Fsp3) is 0. The van der Waals surface area contributed by atoms with Crippen LogP contribution in [0.4, 0.5) is 0 Å². The summed E-state index contributed by atoms with van der Waals surface area (Å²) >= 11 is 11.2. The predicted octanol–water partition coefficient (Wildman–Crippen LogP) is 2.42. The Labute approximate surface area is 73.9 Å². The van der Waals surface area contributed by atoms with Crippen molar-refractivity contribution in [3.8, 4) is 0 Å². The van der Waals surface area contributed by atoms with Crippen LogP contribution in [0, 0.1) is 0 Å². The number of hydrogen-bond donors (Lipinski definition) is 0. The van der Waals surface area contributed by atoms with Crippen LogP contribution in [0.2, 0.25) is 10.0 Å². The number of benzene rings is 1. The molecule has 1 radical (unpaired) electrons. The largest absolute Gasteiger partial charge is 0.272 e. The van der Waals surface area contributed by atoms with Gasteiger partial charge in [-0.05, 0) is 12.1 Å². The van der Waals surface area contributed by atoms with Crippen LogP contribution >= 0.6 is 23.2 Å². The highest BCUT2D eigenvalue weighted by molar-refractivity contribution is 6.39. The first-order valence-electron chi connectivity index (χ1n) is 2.83. The quantitative estimate of drug-likeness (QED) is 0.668. The fourth-order valence-electron chi connectivity index (χ4n) is 0.715. The Morgan fingerprint density at radius 3 is 2.00 bits per heavy atom. The molecule has 0 unspecified atom stereocenters. The molecule has 1 aromatic carbocycles. The van der Waals surface area contributed by atoms with Crippen molar-refractivity contribution in [3.63, 3.8) is 0 Å². The van der Waals surface area contributed by atoms with E-state index < -0.39 is 5.91 Å². The molecular formula is C7H4Cl2NO. The summed E-state index contributed by atoms with van der Waals surface area (Å²) in [5.74, 6) is -0.861. The van der Waals surface area contributed by atoms with Crippen LogP contribution in [-0.2, 0) is 0 Å². The van der Waals surface area contributed by atoms with Gasteiger partial charge in [0, 0.05) is 0 Å². The van der Waals surface area contributed by atoms with Crippen LogP contribution in [0.3, 0.4) is 0 Å². The number of amides is 1. The van der Waals surface area contributed by atoms with Crippen molar-refractivity contribution >= 4 is 29.1 Å². The molecule has 0 atom stereocenters. The lowest BCUT2D eigenvalue weighted by molar-refractivity contribution is 0.0992. The van der Waals surface area contributed by atoms with Crippen molar-refractivity contribution in [2.75, 3.05) is 0 Å². The van der Waals surface area contributed by atoms with E-state index >= 15 is 0 Å². The van der Waals surface area contributed by atoms with Gasteiger partial charge in [0.2, 0.25) is 0 Å². The average molecular weight is 189 g/mol. The van der Waals surface area contributed by atoms with Crippen LogP contribution in [0.25, 0.3) is 0 Å². The molecular weight excluding hydrogens is 185 g/mol. The summed E-state index contributed by atoms with van der Waals surface area (Å²) in [5, 5.41) is 0.440. The number of nitrogens with one attached hydrogen (secondary N) is 1. The third-order valence-electron chi connectivity index (χ3n) is 1.19. The summed E-state index contributed by atoms with van der Waals surface area (Å²) in [4.78, 5) is 10.6. The van der Waals surface area contributed by atoms with Crippen molar-refractivity contribution in [1.82, 2.24) is 5.73 Å². The van der Waals surface area contributed by atoms with Crippen molar-refractivity contribution < 1.29 is 4.79 Å². The molecule has 0 aromatic heterocycles. The fourth-order valence-corrected chi connectivity index (χ4v) is 1.28. The maximum atomic E-state index is 10.6. The highest BCUT2D eigenvalue weighted by atomic mass is 35.5. The van der Waals surface area contributed by atoms with E-state index in [1.54, 1.807) is 6.07 Å². The molecule has 11 heavy (non-hydrogen) atoms. The standard InChI is InChI=1S/C7H4Cl2NO/c8-4-2-1-3-5(9)6(4)7(10)11/h1-3,10H. The Morgan fingerprint density at radius 2 is 1.73 bits per heavy atom. The SMILES string of the molecule is [NH]C(=O)c1c(Cl)cccc1Cl. The van der Waals surface area contributed by atoms with Gasteiger partial charge in [-0.3, -0.25) is 10.5 Å². The molecule has 1 N–H and O–H groups in total. The van der Waals surface area contributed by atoms with Crippen LogP contribution in [0.15, 0.2) is 18.2 Å². The lowest BCUT2D eigenvalue weighted by Gasteiger charge is -1.99. The molecule has 4 heteroatoms. The van der Waals surface area contributed by atoms with Gasteiger partial charge in [-0.1, -0.05) is 29.3 Å². The Morgan fingerprint density at radius 1 is 1.27 bits per heavy atom. The second kappa shape index (κ2) is 3.11. The van der Waals surface area contributed by atoms with E-state index in [0.717, 1.165) is 0 Å². The molecule has 0 saturated heterocycles. The Balaban J connectivity index is 3.32. The topological polar surface area (TPSA) is 40.9 Å². The van der Waals surface area contributed by atoms with E-state index in [-0.39, 0.29) is 15.6 Å². The van der Waals surface area contributed by atoms with Gasteiger partial charge in [0.05, 0.1) is 15.6 Å². The van der Waals surface area contributed by atoms with Crippen LogP contribution in [-0.4, -0.2) is 5.91 Å². The third-order valence-corrected chi connectivity index (χ3v) is 1.82. The minimum Gasteiger partial charge on any atom is -0.267 e. The minimum atomic E-state index is -0.861. The zero-order valence-corrected chi connectivity index (χ0v) is 6.91. The van der Waals surface area contributed by atoms with Gasteiger partial charge in [-0.2, -0.15) is 0 Å². The minimum absolute atomic E-state index is 0.0656. The van der Waals surface area contributed by atoms with Crippen molar-refractivity contribution in [3.05, 3.63) is 33.8 Å². The Bertz CT molecular complexity index is 278. The summed E-state index contributed by atoms with van der Waals surface area (Å²) in [7, 11) is 0. The smallest absolute Gasteiger partial charge is 0.267 e. The number of rotatable bonds is 1. The monoisotopic (exact) mass is 188 g/mol. The van der Waals surface area contributed by atoms with E-state index in [1.165, 1.54) is 12.1 Å². The van der Waals surface area contributed by atoms with E-state index in [1.807, 2.05) is 0 Å². The summed E-state index contributed by atoms with van der Waals surface area (Å²) in [5.41, 5.74) is 6.86. The molecule has 0 heterocycles. The first kappa shape index (κ1) is 8.37. The second-order valence-electron chi connectivity index (χ2n) is 1.93. The molecule has 1 amide bonds. The lowest BCUT2D eigenvalue weighted by atomic mass is 10.2. The van der Waals surface area contributed by atoms with E-state index in [9.17, 15) is 4.79 Å². The molecule has 0 aliphatic carbocycles. The molecule has 2 nitrogen and oxygen atoms in total. The van der Waals surface area contributed by atoms with Crippen molar-refractivity contribution in [1.29, 1.82) is 0 Å². The molecule has 0 bridgehead atoms. The van der Waals surface area contributed by atoms with Crippen molar-refractivity contribution in [2.45, 2.75) is 0 Å². The summed E-state index contributed by atoms with van der Waals surface area (Å²) in [6, 6.07) is 4.67. The summed E-state index contributed by atoms with van der Waals surface area (Å²) in [6.45, 7) is 0. The summed E-state index contributed by atoms with van der Waals surface area (Å²) in [6.07, 6.45) is 0. The summed E-state index contributed by atoms with van der Waals surface area (Å²) < 4.78 is 0. The van der Waals surface area contributed by atoms with Gasteiger partial charge in [-0.15, -0.1) is 0 Å². The molecule has 0 aliphatic rings. The highest BCUT2D eigenvalue weighted by Crippen LogP contribution is 2.23.